The normalized spacial score (nSPS) is 10.2. The van der Waals surface area contributed by atoms with Gasteiger partial charge in [0.25, 0.3) is 5.69 Å². The highest BCUT2D eigenvalue weighted by Gasteiger charge is 2.21. The van der Waals surface area contributed by atoms with E-state index in [1.165, 1.54) is 36.4 Å². The van der Waals surface area contributed by atoms with Gasteiger partial charge in [-0.3, -0.25) is 10.1 Å². The molecule has 0 spiro atoms. The Morgan fingerprint density at radius 1 is 1.19 bits per heavy atom. The number of hydrogen-bond donors (Lipinski definition) is 0. The van der Waals surface area contributed by atoms with Crippen molar-refractivity contribution in [2.45, 2.75) is 6.92 Å². The second-order valence-corrected chi connectivity index (χ2v) is 4.99. The van der Waals surface area contributed by atoms with Crippen LogP contribution in [0.15, 0.2) is 36.4 Å². The summed E-state index contributed by atoms with van der Waals surface area (Å²) in [6.07, 6.45) is 0. The van der Waals surface area contributed by atoms with Crippen LogP contribution in [0.5, 0.6) is 5.75 Å². The predicted molar refractivity (Wildman–Crippen MR) is 79.3 cm³/mol. The molecule has 2 rings (SSSR count). The number of rotatable bonds is 3. The lowest BCUT2D eigenvalue weighted by atomic mass is 10.2. The number of halogens is 2. The molecule has 0 saturated carbocycles. The summed E-state index contributed by atoms with van der Waals surface area (Å²) in [7, 11) is 0. The molecule has 0 amide bonds. The van der Waals surface area contributed by atoms with Crippen LogP contribution >= 0.6 is 23.2 Å². The number of nitrogens with zero attached hydrogens (tertiary/aromatic N) is 1. The van der Waals surface area contributed by atoms with Crippen LogP contribution in [0.2, 0.25) is 10.0 Å². The minimum Gasteiger partial charge on any atom is -0.423 e. The van der Waals surface area contributed by atoms with Gasteiger partial charge >= 0.3 is 5.97 Å². The lowest BCUT2D eigenvalue weighted by Gasteiger charge is -2.08. The lowest BCUT2D eigenvalue weighted by Crippen LogP contribution is -2.11. The van der Waals surface area contributed by atoms with Gasteiger partial charge in [-0.1, -0.05) is 35.3 Å². The van der Waals surface area contributed by atoms with E-state index in [0.29, 0.717) is 15.6 Å². The van der Waals surface area contributed by atoms with Gasteiger partial charge in [-0.15, -0.1) is 0 Å². The minimum absolute atomic E-state index is 0.124. The van der Waals surface area contributed by atoms with Crippen molar-refractivity contribution in [2.75, 3.05) is 0 Å². The van der Waals surface area contributed by atoms with E-state index in [1.54, 1.807) is 6.92 Å². The highest BCUT2D eigenvalue weighted by atomic mass is 35.5. The van der Waals surface area contributed by atoms with Gasteiger partial charge in [0, 0.05) is 16.1 Å². The van der Waals surface area contributed by atoms with Gasteiger partial charge in [0.15, 0.2) is 0 Å². The van der Waals surface area contributed by atoms with E-state index >= 15 is 0 Å². The van der Waals surface area contributed by atoms with E-state index in [9.17, 15) is 14.9 Å². The van der Waals surface area contributed by atoms with Crippen molar-refractivity contribution in [1.29, 1.82) is 0 Å². The zero-order valence-electron chi connectivity index (χ0n) is 10.8. The van der Waals surface area contributed by atoms with Crippen LogP contribution in [0.25, 0.3) is 0 Å². The van der Waals surface area contributed by atoms with Crippen LogP contribution in [-0.4, -0.2) is 10.9 Å². The fourth-order valence-electron chi connectivity index (χ4n) is 1.65. The summed E-state index contributed by atoms with van der Waals surface area (Å²) in [6.45, 7) is 1.72. The van der Waals surface area contributed by atoms with Crippen molar-refractivity contribution in [3.63, 3.8) is 0 Å². The molecule has 0 radical (unpaired) electrons. The first-order valence-corrected chi connectivity index (χ1v) is 6.57. The molecule has 0 fully saturated rings. The molecule has 21 heavy (non-hydrogen) atoms. The Kier molecular flexibility index (Phi) is 4.45. The van der Waals surface area contributed by atoms with Crippen molar-refractivity contribution in [3.05, 3.63) is 67.7 Å². The average molecular weight is 326 g/mol. The third-order valence-corrected chi connectivity index (χ3v) is 3.57. The number of benzene rings is 2. The summed E-state index contributed by atoms with van der Waals surface area (Å²) >= 11 is 11.9. The number of para-hydroxylation sites is 1. The molecule has 0 aliphatic carbocycles. The molecule has 2 aromatic rings. The first-order valence-electron chi connectivity index (χ1n) is 5.81. The van der Waals surface area contributed by atoms with Crippen molar-refractivity contribution in [1.82, 2.24) is 0 Å². The van der Waals surface area contributed by atoms with Gasteiger partial charge < -0.3 is 4.74 Å². The van der Waals surface area contributed by atoms with Crippen LogP contribution in [0.3, 0.4) is 0 Å². The summed E-state index contributed by atoms with van der Waals surface area (Å²) in [5.74, 6) is -0.725. The van der Waals surface area contributed by atoms with Crippen molar-refractivity contribution in [2.24, 2.45) is 0 Å². The van der Waals surface area contributed by atoms with Crippen LogP contribution in [-0.2, 0) is 0 Å². The number of carbonyl (C=O) groups excluding carboxylic acids is 1. The zero-order valence-corrected chi connectivity index (χ0v) is 12.3. The summed E-state index contributed by atoms with van der Waals surface area (Å²) in [4.78, 5) is 22.3. The van der Waals surface area contributed by atoms with E-state index < -0.39 is 10.9 Å². The van der Waals surface area contributed by atoms with Crippen LogP contribution in [0.1, 0.15) is 15.9 Å². The summed E-state index contributed by atoms with van der Waals surface area (Å²) < 4.78 is 5.10. The molecule has 0 atom stereocenters. The molecule has 108 valence electrons. The molecule has 7 heteroatoms. The number of esters is 1. The molecule has 0 aromatic heterocycles. The Balaban J connectivity index is 2.33. The fourth-order valence-corrected chi connectivity index (χ4v) is 2.12. The smallest absolute Gasteiger partial charge is 0.350 e. The van der Waals surface area contributed by atoms with Gasteiger partial charge in [-0.2, -0.15) is 0 Å². The summed E-state index contributed by atoms with van der Waals surface area (Å²) in [6, 6.07) is 8.38. The van der Waals surface area contributed by atoms with Crippen molar-refractivity contribution < 1.29 is 14.5 Å². The first-order chi connectivity index (χ1) is 9.90. The quantitative estimate of drug-likeness (QED) is 0.362. The highest BCUT2D eigenvalue weighted by Crippen LogP contribution is 2.30. The minimum atomic E-state index is -0.849. The standard InChI is InChI=1S/C14H9Cl2NO4/c1-8-11(15)6-9(7-12(8)16)21-14(18)10-4-2-3-5-13(10)17(19)20/h2-7H,1H3. The monoisotopic (exact) mass is 325 g/mol. The third-order valence-electron chi connectivity index (χ3n) is 2.79. The molecule has 0 aliphatic heterocycles. The topological polar surface area (TPSA) is 69.4 Å². The molecule has 0 saturated heterocycles. The molecule has 0 heterocycles. The molecule has 0 N–H and O–H groups in total. The number of ether oxygens (including phenoxy) is 1. The maximum Gasteiger partial charge on any atom is 0.350 e. The van der Waals surface area contributed by atoms with Gasteiger partial charge in [0.2, 0.25) is 0 Å². The number of carbonyl (C=O) groups is 1. The van der Waals surface area contributed by atoms with E-state index in [4.69, 9.17) is 27.9 Å². The Hall–Kier alpha value is -2.11. The van der Waals surface area contributed by atoms with Gasteiger partial charge in [0.1, 0.15) is 11.3 Å². The van der Waals surface area contributed by atoms with E-state index in [1.807, 2.05) is 0 Å². The molecular weight excluding hydrogens is 317 g/mol. The number of nitro benzene ring substituents is 1. The number of nitro groups is 1. The Labute approximate surface area is 130 Å². The predicted octanol–water partition coefficient (Wildman–Crippen LogP) is 4.43. The van der Waals surface area contributed by atoms with E-state index in [-0.39, 0.29) is 17.0 Å². The largest absolute Gasteiger partial charge is 0.423 e. The molecule has 0 unspecified atom stereocenters. The van der Waals surface area contributed by atoms with Gasteiger partial charge in [-0.25, -0.2) is 4.79 Å². The third kappa shape index (κ3) is 3.32. The Bertz CT molecular complexity index is 708. The van der Waals surface area contributed by atoms with Crippen LogP contribution in [0.4, 0.5) is 5.69 Å². The molecular formula is C14H9Cl2NO4. The summed E-state index contributed by atoms with van der Waals surface area (Å²) in [5.41, 5.74) is 0.186. The highest BCUT2D eigenvalue weighted by molar-refractivity contribution is 6.36. The van der Waals surface area contributed by atoms with Crippen LogP contribution in [0, 0.1) is 17.0 Å². The second kappa shape index (κ2) is 6.11. The van der Waals surface area contributed by atoms with Gasteiger partial charge in [0.05, 0.1) is 4.92 Å². The Morgan fingerprint density at radius 3 is 2.33 bits per heavy atom. The van der Waals surface area contributed by atoms with Crippen molar-refractivity contribution in [3.8, 4) is 5.75 Å². The van der Waals surface area contributed by atoms with Crippen LogP contribution < -0.4 is 4.74 Å². The second-order valence-electron chi connectivity index (χ2n) is 4.18. The van der Waals surface area contributed by atoms with Crippen molar-refractivity contribution >= 4 is 34.9 Å². The van der Waals surface area contributed by atoms with E-state index in [0.717, 1.165) is 0 Å². The van der Waals surface area contributed by atoms with Gasteiger partial charge in [-0.05, 0) is 30.7 Å². The maximum atomic E-state index is 12.0. The fraction of sp³-hybridized carbons (Fsp3) is 0.0714. The number of hydrogen-bond acceptors (Lipinski definition) is 4. The molecule has 5 nitrogen and oxygen atoms in total. The zero-order chi connectivity index (χ0) is 15.6. The Morgan fingerprint density at radius 2 is 1.76 bits per heavy atom. The summed E-state index contributed by atoms with van der Waals surface area (Å²) in [5, 5.41) is 11.6. The lowest BCUT2D eigenvalue weighted by molar-refractivity contribution is -0.385. The molecule has 0 aliphatic rings. The van der Waals surface area contributed by atoms with E-state index in [2.05, 4.69) is 0 Å². The SMILES string of the molecule is Cc1c(Cl)cc(OC(=O)c2ccccc2[N+](=O)[O-])cc1Cl. The first kappa shape index (κ1) is 15.3. The molecule has 0 bridgehead atoms. The average Bonchev–Trinajstić information content (AvgIpc) is 2.44. The maximum absolute atomic E-state index is 12.0. The molecule has 2 aromatic carbocycles.